The zero-order chi connectivity index (χ0) is 39.5. The summed E-state index contributed by atoms with van der Waals surface area (Å²) in [5, 5.41) is 0. The summed E-state index contributed by atoms with van der Waals surface area (Å²) in [7, 11) is 0. The second-order valence-electron chi connectivity index (χ2n) is 17.7. The summed E-state index contributed by atoms with van der Waals surface area (Å²) in [4.78, 5) is 10.4. The first-order chi connectivity index (χ1) is 27.9. The van der Waals surface area contributed by atoms with Gasteiger partial charge in [-0.1, -0.05) is 177 Å². The molecule has 4 aliphatic heterocycles. The van der Waals surface area contributed by atoms with E-state index < -0.39 is 0 Å². The molecule has 0 spiro atoms. The molecular weight excluding hydrogens is 782 g/mol. The van der Waals surface area contributed by atoms with Gasteiger partial charge in [0.05, 0.1) is 0 Å². The molecule has 0 N–H and O–H groups in total. The highest BCUT2D eigenvalue weighted by Gasteiger charge is 2.44. The van der Waals surface area contributed by atoms with Gasteiger partial charge in [0.25, 0.3) is 0 Å². The topological polar surface area (TPSA) is 18.5 Å². The van der Waals surface area contributed by atoms with Crippen molar-refractivity contribution in [1.29, 1.82) is 0 Å². The van der Waals surface area contributed by atoms with Gasteiger partial charge in [-0.2, -0.15) is 0 Å². The summed E-state index contributed by atoms with van der Waals surface area (Å²) >= 11 is 7.59. The van der Waals surface area contributed by atoms with Crippen LogP contribution in [0.15, 0.2) is 173 Å². The van der Waals surface area contributed by atoms with E-state index in [-0.39, 0.29) is 24.3 Å². The average molecular weight is 823 g/mol. The van der Waals surface area contributed by atoms with E-state index in [1.807, 2.05) is 108 Å². The largest absolute Gasteiger partial charge is 0.457 e. The normalized spacial score (nSPS) is 14.4. The second-order valence-corrected chi connectivity index (χ2v) is 22.0. The summed E-state index contributed by atoms with van der Waals surface area (Å²) in [6.07, 6.45) is 0. The van der Waals surface area contributed by atoms with Crippen LogP contribution in [0.2, 0.25) is 0 Å². The van der Waals surface area contributed by atoms with Crippen molar-refractivity contribution in [3.05, 3.63) is 145 Å². The highest BCUT2D eigenvalue weighted by Crippen LogP contribution is 2.46. The van der Waals surface area contributed by atoms with Crippen LogP contribution in [0, 0.1) is 0 Å². The van der Waals surface area contributed by atoms with Crippen molar-refractivity contribution < 1.29 is 9.47 Å². The van der Waals surface area contributed by atoms with Crippen LogP contribution in [0.3, 0.4) is 0 Å². The number of rotatable bonds is 4. The third-order valence-electron chi connectivity index (χ3n) is 11.7. The van der Waals surface area contributed by atoms with Crippen molar-refractivity contribution in [2.45, 2.75) is 91.5 Å². The number of para-hydroxylation sites is 2. The van der Waals surface area contributed by atoms with E-state index in [1.54, 1.807) is 0 Å². The van der Waals surface area contributed by atoms with Gasteiger partial charge >= 0.3 is 0 Å². The molecule has 4 heterocycles. The molecule has 0 unspecified atom stereocenters. The monoisotopic (exact) mass is 822 g/mol. The van der Waals surface area contributed by atoms with E-state index in [1.165, 1.54) is 83.1 Å². The van der Waals surface area contributed by atoms with Crippen molar-refractivity contribution in [1.82, 2.24) is 0 Å². The Morgan fingerprint density at radius 1 is 0.345 bits per heavy atom. The molecule has 0 amide bonds. The van der Waals surface area contributed by atoms with Gasteiger partial charge in [0.2, 0.25) is 13.4 Å². The summed E-state index contributed by atoms with van der Waals surface area (Å²) in [5.41, 5.74) is 11.2. The molecule has 0 fully saturated rings. The maximum Gasteiger partial charge on any atom is 0.247 e. The van der Waals surface area contributed by atoms with Crippen LogP contribution >= 0.6 is 47.0 Å². The minimum absolute atomic E-state index is 0.0479. The highest BCUT2D eigenvalue weighted by molar-refractivity contribution is 8.02. The molecule has 7 aromatic rings. The van der Waals surface area contributed by atoms with Gasteiger partial charge < -0.3 is 9.47 Å². The smallest absolute Gasteiger partial charge is 0.247 e. The minimum atomic E-state index is 0.0479. The van der Waals surface area contributed by atoms with E-state index in [2.05, 4.69) is 114 Å². The zero-order valence-electron chi connectivity index (χ0n) is 33.3. The Kier molecular flexibility index (Phi) is 8.61. The van der Waals surface area contributed by atoms with Gasteiger partial charge in [-0.25, -0.2) is 0 Å². The molecule has 0 radical (unpaired) electrons. The predicted molar refractivity (Wildman–Crippen MR) is 248 cm³/mol. The fourth-order valence-electron chi connectivity index (χ4n) is 8.74. The van der Waals surface area contributed by atoms with Crippen molar-refractivity contribution in [2.75, 3.05) is 0 Å². The van der Waals surface area contributed by atoms with E-state index in [0.717, 1.165) is 23.0 Å². The molecule has 8 heteroatoms. The maximum atomic E-state index is 6.55. The Morgan fingerprint density at radius 2 is 0.707 bits per heavy atom. The number of ether oxygens (including phenoxy) is 2. The summed E-state index contributed by atoms with van der Waals surface area (Å²) in [6, 6.07) is 49.0. The van der Waals surface area contributed by atoms with Crippen LogP contribution < -0.4 is 42.3 Å². The lowest BCUT2D eigenvalue weighted by molar-refractivity contribution is 0.480. The molecule has 282 valence electrons. The first-order valence-electron chi connectivity index (χ1n) is 19.9. The van der Waals surface area contributed by atoms with Crippen LogP contribution in [0.25, 0.3) is 0 Å². The van der Waals surface area contributed by atoms with Crippen LogP contribution in [-0.4, -0.2) is 13.4 Å². The SMILES string of the molecule is CC(C)(C)c1ccc2c(c1)Sc1cc(Oc3ccccc3)cc3c1B2c1cc2c(cc1S3)Sc1cc(Oc3ccccc3)cc3c1B2c1ccc(C(C)(C)C)cc1S3. The van der Waals surface area contributed by atoms with E-state index in [9.17, 15) is 0 Å². The molecule has 0 aromatic heterocycles. The van der Waals surface area contributed by atoms with Gasteiger partial charge in [-0.05, 0) is 99.6 Å². The average Bonchev–Trinajstić information content (AvgIpc) is 3.19. The molecule has 2 nitrogen and oxygen atoms in total. The van der Waals surface area contributed by atoms with Gasteiger partial charge in [-0.15, -0.1) is 0 Å². The standard InChI is InChI=1S/C50H40B2O2S4/c1-49(2,3)29-17-19-35-39(21-29)55-43-23-33(53-31-13-9-7-10-14-31)25-45-47(43)51(35)37-27-38-42(28-41(37)57-45)58-46-26-34(54-32-15-11-8-12-16-32)24-44-48(46)52(38)36-20-18-30(50(4,5)6)22-40(36)56-44/h7-28H,1-6H3. The number of hydrogen-bond acceptors (Lipinski definition) is 6. The molecule has 0 aliphatic carbocycles. The Hall–Kier alpha value is -4.33. The fourth-order valence-corrected chi connectivity index (χ4v) is 13.9. The van der Waals surface area contributed by atoms with Crippen molar-refractivity contribution >= 4 is 93.2 Å². The van der Waals surface area contributed by atoms with Crippen LogP contribution in [0.4, 0.5) is 0 Å². The molecule has 0 saturated carbocycles. The second kappa shape index (κ2) is 13.6. The molecule has 4 aliphatic rings. The molecule has 0 bridgehead atoms. The molecule has 7 aromatic carbocycles. The lowest BCUT2D eigenvalue weighted by atomic mass is 9.33. The van der Waals surface area contributed by atoms with Gasteiger partial charge in [0.15, 0.2) is 0 Å². The van der Waals surface area contributed by atoms with Gasteiger partial charge in [0.1, 0.15) is 23.0 Å². The van der Waals surface area contributed by atoms with Crippen molar-refractivity contribution in [3.8, 4) is 23.0 Å². The predicted octanol–water partition coefficient (Wildman–Crippen LogP) is 10.8. The fraction of sp³-hybridized carbons (Fsp3) is 0.160. The molecular formula is C50H40B2O2S4. The van der Waals surface area contributed by atoms with E-state index in [4.69, 9.17) is 9.47 Å². The first-order valence-corrected chi connectivity index (χ1v) is 23.2. The van der Waals surface area contributed by atoms with Crippen LogP contribution in [0.5, 0.6) is 23.0 Å². The van der Waals surface area contributed by atoms with Crippen LogP contribution in [0.1, 0.15) is 52.7 Å². The third kappa shape index (κ3) is 6.25. The highest BCUT2D eigenvalue weighted by atomic mass is 32.2. The Bertz CT molecular complexity index is 2640. The number of benzene rings is 7. The minimum Gasteiger partial charge on any atom is -0.457 e. The maximum absolute atomic E-state index is 6.55. The molecule has 11 rings (SSSR count). The lowest BCUT2D eigenvalue weighted by Crippen LogP contribution is -2.62. The quantitative estimate of drug-likeness (QED) is 0.164. The molecule has 0 saturated heterocycles. The first kappa shape index (κ1) is 36.7. The zero-order valence-corrected chi connectivity index (χ0v) is 36.6. The number of hydrogen-bond donors (Lipinski definition) is 0. The molecule has 0 atom stereocenters. The van der Waals surface area contributed by atoms with Crippen LogP contribution in [-0.2, 0) is 10.8 Å². The Balaban J connectivity index is 1.10. The Morgan fingerprint density at radius 3 is 1.07 bits per heavy atom. The number of fused-ring (bicyclic) bond motifs is 8. The van der Waals surface area contributed by atoms with Gasteiger partial charge in [-0.3, -0.25) is 0 Å². The Labute approximate surface area is 359 Å². The van der Waals surface area contributed by atoms with Crippen molar-refractivity contribution in [2.24, 2.45) is 0 Å². The lowest BCUT2D eigenvalue weighted by Gasteiger charge is -2.37. The summed E-state index contributed by atoms with van der Waals surface area (Å²) < 4.78 is 13.1. The van der Waals surface area contributed by atoms with Crippen molar-refractivity contribution in [3.63, 3.8) is 0 Å². The molecule has 58 heavy (non-hydrogen) atoms. The van der Waals surface area contributed by atoms with E-state index in [0.29, 0.717) is 0 Å². The third-order valence-corrected chi connectivity index (χ3v) is 16.2. The summed E-state index contributed by atoms with van der Waals surface area (Å²) in [5.74, 6) is 3.46. The summed E-state index contributed by atoms with van der Waals surface area (Å²) in [6.45, 7) is 14.1. The van der Waals surface area contributed by atoms with Gasteiger partial charge in [0, 0.05) is 39.2 Å². The van der Waals surface area contributed by atoms with E-state index >= 15 is 0 Å².